The van der Waals surface area contributed by atoms with Crippen molar-refractivity contribution in [1.29, 1.82) is 0 Å². The molecule has 1 saturated heterocycles. The summed E-state index contributed by atoms with van der Waals surface area (Å²) in [6.07, 6.45) is 2.39. The van der Waals surface area contributed by atoms with Crippen LogP contribution in [0.2, 0.25) is 0 Å². The van der Waals surface area contributed by atoms with Gasteiger partial charge in [-0.2, -0.15) is 4.98 Å². The Morgan fingerprint density at radius 2 is 2.00 bits per heavy atom. The molecule has 2 aliphatic heterocycles. The van der Waals surface area contributed by atoms with Crippen molar-refractivity contribution >= 4 is 23.4 Å². The van der Waals surface area contributed by atoms with E-state index < -0.39 is 6.04 Å². The first-order chi connectivity index (χ1) is 18.6. The zero-order valence-corrected chi connectivity index (χ0v) is 20.9. The van der Waals surface area contributed by atoms with Crippen LogP contribution in [-0.2, 0) is 6.42 Å². The first-order valence-electron chi connectivity index (χ1n) is 12.6. The Bertz CT molecular complexity index is 1450. The number of likely N-dealkylation sites (tertiary alicyclic amines) is 1. The van der Waals surface area contributed by atoms with Crippen LogP contribution in [0.25, 0.3) is 11.5 Å². The Labute approximate surface area is 219 Å². The lowest BCUT2D eigenvalue weighted by atomic mass is 10.00. The Balaban J connectivity index is 1.32. The fourth-order valence-corrected chi connectivity index (χ4v) is 4.79. The lowest BCUT2D eigenvalue weighted by molar-refractivity contribution is 0.0946. The van der Waals surface area contributed by atoms with Gasteiger partial charge in [0.05, 0.1) is 24.1 Å². The summed E-state index contributed by atoms with van der Waals surface area (Å²) in [7, 11) is 2.05. The van der Waals surface area contributed by atoms with Crippen molar-refractivity contribution in [2.75, 3.05) is 43.9 Å². The Morgan fingerprint density at radius 3 is 2.79 bits per heavy atom. The molecule has 4 N–H and O–H groups in total. The Morgan fingerprint density at radius 1 is 1.16 bits per heavy atom. The zero-order chi connectivity index (χ0) is 26.1. The van der Waals surface area contributed by atoms with Gasteiger partial charge >= 0.3 is 0 Å². The topological polar surface area (TPSA) is 141 Å². The van der Waals surface area contributed by atoms with Crippen LogP contribution in [0.3, 0.4) is 0 Å². The summed E-state index contributed by atoms with van der Waals surface area (Å²) in [6, 6.07) is 14.8. The highest BCUT2D eigenvalue weighted by molar-refractivity contribution is 5.97. The number of aliphatic hydroxyl groups excluding tert-OH is 1. The molecule has 2 aliphatic rings. The highest BCUT2D eigenvalue weighted by Gasteiger charge is 2.30. The van der Waals surface area contributed by atoms with E-state index >= 15 is 0 Å². The smallest absolute Gasteiger partial charge is 0.253 e. The maximum absolute atomic E-state index is 12.1. The van der Waals surface area contributed by atoms with Gasteiger partial charge in [-0.1, -0.05) is 30.3 Å². The Hall–Kier alpha value is -4.35. The molecule has 0 radical (unpaired) electrons. The number of carbonyl (C=O) groups is 1. The zero-order valence-electron chi connectivity index (χ0n) is 20.9. The average molecular weight is 513 g/mol. The number of benzene rings is 2. The predicted octanol–water partition coefficient (Wildman–Crippen LogP) is 2.73. The number of nitrogens with zero attached hydrogens (tertiary/aromatic N) is 5. The molecule has 0 spiro atoms. The second kappa shape index (κ2) is 10.2. The highest BCUT2D eigenvalue weighted by Crippen LogP contribution is 2.32. The van der Waals surface area contributed by atoms with Crippen molar-refractivity contribution in [3.8, 4) is 11.5 Å². The second-order valence-electron chi connectivity index (χ2n) is 9.61. The normalized spacial score (nSPS) is 16.3. The van der Waals surface area contributed by atoms with Crippen LogP contribution >= 0.6 is 0 Å². The molecule has 6 rings (SSSR count). The van der Waals surface area contributed by atoms with Gasteiger partial charge in [0, 0.05) is 37.1 Å². The first kappa shape index (κ1) is 24.0. The van der Waals surface area contributed by atoms with Crippen LogP contribution in [0.1, 0.15) is 39.3 Å². The number of likely N-dealkylation sites (N-methyl/N-ethyl adjacent to an activating group) is 1. The van der Waals surface area contributed by atoms with E-state index in [1.54, 1.807) is 12.3 Å². The third-order valence-electron chi connectivity index (χ3n) is 6.85. The fraction of sp³-hybridized carbons (Fsp3) is 0.296. The van der Waals surface area contributed by atoms with Crippen LogP contribution in [0.4, 0.5) is 17.5 Å². The average Bonchev–Trinajstić information content (AvgIpc) is 3.40. The van der Waals surface area contributed by atoms with E-state index in [1.807, 2.05) is 49.5 Å². The van der Waals surface area contributed by atoms with Crippen molar-refractivity contribution < 1.29 is 14.3 Å². The number of rotatable bonds is 8. The molecular weight excluding hydrogens is 484 g/mol. The molecule has 0 unspecified atom stereocenters. The summed E-state index contributed by atoms with van der Waals surface area (Å²) in [6.45, 7) is 2.21. The second-order valence-corrected chi connectivity index (χ2v) is 9.61. The van der Waals surface area contributed by atoms with Gasteiger partial charge < -0.3 is 30.4 Å². The lowest BCUT2D eigenvalue weighted by Gasteiger charge is -2.33. The molecule has 38 heavy (non-hydrogen) atoms. The maximum Gasteiger partial charge on any atom is 0.253 e. The van der Waals surface area contributed by atoms with E-state index in [-0.39, 0.29) is 18.4 Å². The van der Waals surface area contributed by atoms with E-state index in [0.717, 1.165) is 36.3 Å². The third-order valence-corrected chi connectivity index (χ3v) is 6.85. The lowest BCUT2D eigenvalue weighted by Crippen LogP contribution is -2.41. The summed E-state index contributed by atoms with van der Waals surface area (Å²) < 4.78 is 6.02. The number of aliphatic hydroxyl groups is 1. The molecule has 2 aromatic heterocycles. The minimum Gasteiger partial charge on any atom is -0.420 e. The van der Waals surface area contributed by atoms with Gasteiger partial charge in [-0.15, -0.1) is 10.2 Å². The van der Waals surface area contributed by atoms with Crippen molar-refractivity contribution in [3.05, 3.63) is 77.3 Å². The molecule has 1 amide bonds. The van der Waals surface area contributed by atoms with Crippen LogP contribution < -0.4 is 16.0 Å². The number of anilines is 3. The molecular formula is C27H28N8O3. The van der Waals surface area contributed by atoms with Crippen molar-refractivity contribution in [2.24, 2.45) is 0 Å². The van der Waals surface area contributed by atoms with Gasteiger partial charge in [0.2, 0.25) is 11.8 Å². The predicted molar refractivity (Wildman–Crippen MR) is 141 cm³/mol. The van der Waals surface area contributed by atoms with Crippen LogP contribution in [0, 0.1) is 0 Å². The molecule has 11 heteroatoms. The quantitative estimate of drug-likeness (QED) is 0.278. The first-order valence-corrected chi connectivity index (χ1v) is 12.6. The number of hydrogen-bond donors (Lipinski definition) is 4. The molecule has 4 heterocycles. The number of fused-ring (bicyclic) bond motifs is 1. The summed E-state index contributed by atoms with van der Waals surface area (Å²) >= 11 is 0. The maximum atomic E-state index is 12.1. The van der Waals surface area contributed by atoms with Gasteiger partial charge in [0.25, 0.3) is 11.8 Å². The Kier molecular flexibility index (Phi) is 6.44. The molecule has 11 nitrogen and oxygen atoms in total. The highest BCUT2D eigenvalue weighted by atomic mass is 16.4. The third kappa shape index (κ3) is 4.81. The van der Waals surface area contributed by atoms with Crippen LogP contribution in [-0.4, -0.2) is 69.4 Å². The van der Waals surface area contributed by atoms with Crippen LogP contribution in [0.5, 0.6) is 0 Å². The molecule has 1 atom stereocenters. The molecule has 1 fully saturated rings. The minimum atomic E-state index is -0.414. The summed E-state index contributed by atoms with van der Waals surface area (Å²) in [5, 5.41) is 28.1. The number of nitrogens with one attached hydrogen (secondary N) is 3. The largest absolute Gasteiger partial charge is 0.420 e. The monoisotopic (exact) mass is 512 g/mol. The molecule has 0 saturated carbocycles. The molecule has 2 aromatic carbocycles. The molecule has 0 aliphatic carbocycles. The van der Waals surface area contributed by atoms with Gasteiger partial charge in [0.1, 0.15) is 5.82 Å². The number of hydrogen-bond acceptors (Lipinski definition) is 10. The van der Waals surface area contributed by atoms with Crippen LogP contribution in [0.15, 0.2) is 59.1 Å². The molecule has 4 aromatic rings. The summed E-state index contributed by atoms with van der Waals surface area (Å²) in [5.41, 5.74) is 3.87. The molecule has 0 bridgehead atoms. The van der Waals surface area contributed by atoms with Gasteiger partial charge in [0.15, 0.2) is 0 Å². The van der Waals surface area contributed by atoms with E-state index in [2.05, 4.69) is 36.0 Å². The fourth-order valence-electron chi connectivity index (χ4n) is 4.79. The van der Waals surface area contributed by atoms with Gasteiger partial charge in [-0.05, 0) is 42.8 Å². The summed E-state index contributed by atoms with van der Waals surface area (Å²) in [4.78, 5) is 23.5. The van der Waals surface area contributed by atoms with E-state index in [1.165, 1.54) is 0 Å². The van der Waals surface area contributed by atoms with E-state index in [4.69, 9.17) is 9.40 Å². The number of aromatic nitrogens is 4. The van der Waals surface area contributed by atoms with E-state index in [9.17, 15) is 9.90 Å². The number of carbonyl (C=O) groups excluding carboxylic acids is 1. The van der Waals surface area contributed by atoms with Crippen molar-refractivity contribution in [3.63, 3.8) is 0 Å². The summed E-state index contributed by atoms with van der Waals surface area (Å²) in [5.74, 6) is 1.85. The SMILES string of the molecule is CN1CC(c2nnc(-c3cnc(Nc4ccc5c(c4)CCNC5=O)nc3N[C@H](CO)c3ccccc3)o2)C1. The molecule has 194 valence electrons. The minimum absolute atomic E-state index is 0.0617. The number of amides is 1. The van der Waals surface area contributed by atoms with Crippen molar-refractivity contribution in [2.45, 2.75) is 18.4 Å². The van der Waals surface area contributed by atoms with Gasteiger partial charge in [-0.3, -0.25) is 4.79 Å². The van der Waals surface area contributed by atoms with Crippen molar-refractivity contribution in [1.82, 2.24) is 30.4 Å². The van der Waals surface area contributed by atoms with E-state index in [0.29, 0.717) is 41.2 Å². The van der Waals surface area contributed by atoms with Gasteiger partial charge in [-0.25, -0.2) is 4.98 Å². The standard InChI is InChI=1S/C27H28N8O3/c1-35-13-18(14-35)25-33-34-26(38-25)21-12-29-27(30-19-7-8-20-17(11-19)9-10-28-24(20)37)32-23(21)31-22(15-36)16-5-3-2-4-6-16/h2-8,11-12,18,22,36H,9-10,13-15H2,1H3,(H,28,37)(H2,29,30,31,32)/t22-/m1/s1.